The molecule has 0 atom stereocenters. The molecule has 0 amide bonds. The van der Waals surface area contributed by atoms with Gasteiger partial charge in [-0.05, 0) is 45.8 Å². The lowest BCUT2D eigenvalue weighted by atomic mass is 10.00. The molecule has 0 radical (unpaired) electrons. The van der Waals surface area contributed by atoms with Gasteiger partial charge in [-0.25, -0.2) is 0 Å². The molecule has 1 aromatic heterocycles. The molecule has 1 heterocycles. The fourth-order valence-corrected chi connectivity index (χ4v) is 4.82. The van der Waals surface area contributed by atoms with E-state index in [9.17, 15) is 4.79 Å². The van der Waals surface area contributed by atoms with Crippen LogP contribution in [-0.2, 0) is 0 Å². The zero-order valence-electron chi connectivity index (χ0n) is 16.0. The number of aromatic nitrogens is 1. The third-order valence-electron chi connectivity index (χ3n) is 5.82. The summed E-state index contributed by atoms with van der Waals surface area (Å²) in [6, 6.07) is 31.9. The molecule has 0 aliphatic carbocycles. The number of carbonyl (C=O) groups is 1. The minimum absolute atomic E-state index is 0.0805. The molecule has 0 unspecified atom stereocenters. The van der Waals surface area contributed by atoms with Gasteiger partial charge in [0, 0.05) is 16.3 Å². The largest absolute Gasteiger partial charge is 0.274 e. The Labute approximate surface area is 177 Å². The molecule has 0 aliphatic rings. The van der Waals surface area contributed by atoms with E-state index in [1.807, 2.05) is 66.7 Å². The van der Waals surface area contributed by atoms with E-state index >= 15 is 0 Å². The summed E-state index contributed by atoms with van der Waals surface area (Å²) in [5.41, 5.74) is 2.26. The highest BCUT2D eigenvalue weighted by Crippen LogP contribution is 2.42. The lowest BCUT2D eigenvalue weighted by Gasteiger charge is -2.08. The fourth-order valence-electron chi connectivity index (χ4n) is 4.52. The van der Waals surface area contributed by atoms with Crippen molar-refractivity contribution in [3.8, 4) is 0 Å². The summed E-state index contributed by atoms with van der Waals surface area (Å²) in [5, 5.41) is 7.08. The minimum atomic E-state index is -0.0805. The average molecular weight is 406 g/mol. The molecule has 0 saturated carbocycles. The summed E-state index contributed by atoms with van der Waals surface area (Å²) in [6.45, 7) is 0. The number of hydrogen-bond donors (Lipinski definition) is 0. The first kappa shape index (κ1) is 17.3. The van der Waals surface area contributed by atoms with Crippen LogP contribution in [0.4, 0.5) is 0 Å². The Morgan fingerprint density at radius 3 is 2.07 bits per heavy atom. The third-order valence-corrected chi connectivity index (χ3v) is 6.11. The van der Waals surface area contributed by atoms with Gasteiger partial charge in [0.2, 0.25) is 0 Å². The van der Waals surface area contributed by atoms with E-state index in [4.69, 9.17) is 11.6 Å². The quantitative estimate of drug-likeness (QED) is 0.278. The predicted octanol–water partition coefficient (Wildman–Crippen LogP) is 7.44. The van der Waals surface area contributed by atoms with Crippen LogP contribution in [0.15, 0.2) is 97.1 Å². The highest BCUT2D eigenvalue weighted by molar-refractivity contribution is 6.41. The Morgan fingerprint density at radius 2 is 1.30 bits per heavy atom. The summed E-state index contributed by atoms with van der Waals surface area (Å²) in [4.78, 5) is 13.7. The third kappa shape index (κ3) is 2.35. The maximum Gasteiger partial charge on any atom is 0.262 e. The number of halogens is 1. The van der Waals surface area contributed by atoms with Gasteiger partial charge in [-0.15, -0.1) is 0 Å². The maximum absolute atomic E-state index is 13.7. The van der Waals surface area contributed by atoms with Crippen molar-refractivity contribution in [1.29, 1.82) is 0 Å². The van der Waals surface area contributed by atoms with Crippen LogP contribution in [0.3, 0.4) is 0 Å². The molecule has 6 rings (SSSR count). The molecule has 0 spiro atoms. The lowest BCUT2D eigenvalue weighted by Crippen LogP contribution is -2.11. The molecule has 0 fully saturated rings. The highest BCUT2D eigenvalue weighted by atomic mass is 35.5. The molecule has 30 heavy (non-hydrogen) atoms. The van der Waals surface area contributed by atoms with Gasteiger partial charge in [-0.1, -0.05) is 84.4 Å². The van der Waals surface area contributed by atoms with E-state index in [1.165, 1.54) is 0 Å². The van der Waals surface area contributed by atoms with E-state index in [0.29, 0.717) is 10.6 Å². The zero-order valence-corrected chi connectivity index (χ0v) is 16.7. The SMILES string of the molecule is O=C(c1ccccc1)n1c2ccc3ccccc3c2c2c3ccccc3cc(Cl)c21. The zero-order chi connectivity index (χ0) is 20.2. The summed E-state index contributed by atoms with van der Waals surface area (Å²) in [5.74, 6) is -0.0805. The van der Waals surface area contributed by atoms with Crippen LogP contribution in [0.5, 0.6) is 0 Å². The first-order valence-electron chi connectivity index (χ1n) is 9.87. The monoisotopic (exact) mass is 405 g/mol. The van der Waals surface area contributed by atoms with Crippen molar-refractivity contribution in [1.82, 2.24) is 4.57 Å². The van der Waals surface area contributed by atoms with Crippen molar-refractivity contribution in [3.63, 3.8) is 0 Å². The maximum atomic E-state index is 13.7. The Morgan fingerprint density at radius 1 is 0.667 bits per heavy atom. The van der Waals surface area contributed by atoms with Gasteiger partial charge in [-0.3, -0.25) is 9.36 Å². The minimum Gasteiger partial charge on any atom is -0.274 e. The molecule has 6 aromatic rings. The van der Waals surface area contributed by atoms with Crippen LogP contribution in [0.25, 0.3) is 43.4 Å². The van der Waals surface area contributed by atoms with Crippen molar-refractivity contribution in [2.24, 2.45) is 0 Å². The normalized spacial score (nSPS) is 11.6. The number of carbonyl (C=O) groups excluding carboxylic acids is 1. The number of hydrogen-bond acceptors (Lipinski definition) is 1. The van der Waals surface area contributed by atoms with Crippen LogP contribution >= 0.6 is 11.6 Å². The van der Waals surface area contributed by atoms with E-state index < -0.39 is 0 Å². The molecule has 0 aliphatic heterocycles. The van der Waals surface area contributed by atoms with Gasteiger partial charge in [0.25, 0.3) is 5.91 Å². The van der Waals surface area contributed by atoms with Gasteiger partial charge < -0.3 is 0 Å². The van der Waals surface area contributed by atoms with Crippen molar-refractivity contribution >= 4 is 60.9 Å². The molecule has 0 bridgehead atoms. The summed E-state index contributed by atoms with van der Waals surface area (Å²) in [6.07, 6.45) is 0. The predicted molar refractivity (Wildman–Crippen MR) is 126 cm³/mol. The van der Waals surface area contributed by atoms with Crippen molar-refractivity contribution in [2.45, 2.75) is 0 Å². The highest BCUT2D eigenvalue weighted by Gasteiger charge is 2.22. The van der Waals surface area contributed by atoms with Crippen LogP contribution in [0, 0.1) is 0 Å². The van der Waals surface area contributed by atoms with E-state index in [-0.39, 0.29) is 5.91 Å². The first-order valence-corrected chi connectivity index (χ1v) is 10.2. The molecular formula is C27H16ClNO. The van der Waals surface area contributed by atoms with E-state index in [1.54, 1.807) is 4.57 Å². The number of nitrogens with zero attached hydrogens (tertiary/aromatic N) is 1. The topological polar surface area (TPSA) is 22.0 Å². The second-order valence-corrected chi connectivity index (χ2v) is 7.90. The van der Waals surface area contributed by atoms with Crippen LogP contribution < -0.4 is 0 Å². The molecule has 3 heteroatoms. The van der Waals surface area contributed by atoms with Crippen LogP contribution in [-0.4, -0.2) is 10.5 Å². The molecule has 0 saturated heterocycles. The smallest absolute Gasteiger partial charge is 0.262 e. The van der Waals surface area contributed by atoms with Gasteiger partial charge in [-0.2, -0.15) is 0 Å². The van der Waals surface area contributed by atoms with E-state index in [0.717, 1.165) is 43.4 Å². The second-order valence-electron chi connectivity index (χ2n) is 7.49. The van der Waals surface area contributed by atoms with Crippen molar-refractivity contribution < 1.29 is 4.79 Å². The summed E-state index contributed by atoms with van der Waals surface area (Å²) in [7, 11) is 0. The number of fused-ring (bicyclic) bond motifs is 7. The van der Waals surface area contributed by atoms with Gasteiger partial charge >= 0.3 is 0 Å². The average Bonchev–Trinajstić information content (AvgIpc) is 3.16. The first-order chi connectivity index (χ1) is 14.7. The molecule has 0 N–H and O–H groups in total. The Balaban J connectivity index is 1.90. The van der Waals surface area contributed by atoms with Gasteiger partial charge in [0.15, 0.2) is 0 Å². The lowest BCUT2D eigenvalue weighted by molar-refractivity contribution is 0.0969. The van der Waals surface area contributed by atoms with Crippen LogP contribution in [0.1, 0.15) is 10.4 Å². The van der Waals surface area contributed by atoms with Crippen LogP contribution in [0.2, 0.25) is 5.02 Å². The Kier molecular flexibility index (Phi) is 3.71. The fraction of sp³-hybridized carbons (Fsp3) is 0. The Hall–Kier alpha value is -3.62. The van der Waals surface area contributed by atoms with E-state index in [2.05, 4.69) is 30.3 Å². The summed E-state index contributed by atoms with van der Waals surface area (Å²) >= 11 is 6.82. The Bertz CT molecular complexity index is 1610. The standard InChI is InChI=1S/C27H16ClNO/c28-22-16-19-11-5-7-13-21(19)25-24-20-12-6-4-8-17(20)14-15-23(24)29(26(22)25)27(30)18-9-2-1-3-10-18/h1-16H. The molecule has 2 nitrogen and oxygen atoms in total. The van der Waals surface area contributed by atoms with Crippen molar-refractivity contribution in [2.75, 3.05) is 0 Å². The summed E-state index contributed by atoms with van der Waals surface area (Å²) < 4.78 is 1.78. The second kappa shape index (κ2) is 6.45. The molecule has 5 aromatic carbocycles. The number of benzene rings is 5. The van der Waals surface area contributed by atoms with Crippen molar-refractivity contribution in [3.05, 3.63) is 108 Å². The van der Waals surface area contributed by atoms with Gasteiger partial charge in [0.05, 0.1) is 16.1 Å². The number of rotatable bonds is 1. The molecular weight excluding hydrogens is 390 g/mol. The van der Waals surface area contributed by atoms with Gasteiger partial charge in [0.1, 0.15) is 0 Å². The molecule has 142 valence electrons.